The molecular formula is C18H22N3O+. The molecule has 0 amide bonds. The number of hydroxylamine groups is 1. The topological polar surface area (TPSA) is 28.4 Å². The molecule has 0 spiro atoms. The van der Waals surface area contributed by atoms with E-state index in [1.165, 1.54) is 18.5 Å². The number of anilines is 1. The predicted octanol–water partition coefficient (Wildman–Crippen LogP) is 2.68. The molecule has 114 valence electrons. The average Bonchev–Trinajstić information content (AvgIpc) is 3.10. The van der Waals surface area contributed by atoms with Crippen LogP contribution in [0.4, 0.5) is 5.69 Å². The molecule has 3 rings (SSSR count). The Morgan fingerprint density at radius 2 is 1.77 bits per heavy atom. The number of nitrogens with one attached hydrogen (secondary N) is 1. The summed E-state index contributed by atoms with van der Waals surface area (Å²) in [6.45, 7) is 2.33. The first kappa shape index (κ1) is 14.6. The lowest BCUT2D eigenvalue weighted by molar-refractivity contribution is -0.567. The number of nitrogens with zero attached hydrogens (tertiary/aromatic N) is 2. The summed E-state index contributed by atoms with van der Waals surface area (Å²) in [4.78, 5) is 7.55. The fraction of sp³-hybridized carbons (Fsp3) is 0.278. The van der Waals surface area contributed by atoms with Crippen molar-refractivity contribution >= 4 is 17.6 Å². The lowest BCUT2D eigenvalue weighted by Gasteiger charge is -2.18. The molecule has 1 aliphatic heterocycles. The molecule has 0 unspecified atom stereocenters. The van der Waals surface area contributed by atoms with Gasteiger partial charge in [0.15, 0.2) is 12.4 Å². The van der Waals surface area contributed by atoms with Crippen molar-refractivity contribution < 1.29 is 9.40 Å². The minimum absolute atomic E-state index is 0.923. The zero-order valence-electron chi connectivity index (χ0n) is 12.9. The van der Waals surface area contributed by atoms with E-state index in [0.29, 0.717) is 0 Å². The first-order valence-electron chi connectivity index (χ1n) is 7.69. The molecule has 2 aromatic rings. The molecule has 1 N–H and O–H groups in total. The minimum atomic E-state index is 0.923. The second-order valence-electron chi connectivity index (χ2n) is 5.41. The van der Waals surface area contributed by atoms with Crippen molar-refractivity contribution in [3.63, 3.8) is 0 Å². The van der Waals surface area contributed by atoms with Gasteiger partial charge in [0.2, 0.25) is 6.20 Å². The van der Waals surface area contributed by atoms with Crippen molar-refractivity contribution in [2.45, 2.75) is 12.8 Å². The van der Waals surface area contributed by atoms with Crippen molar-refractivity contribution in [2.75, 3.05) is 25.1 Å². The second-order valence-corrected chi connectivity index (χ2v) is 5.41. The Morgan fingerprint density at radius 1 is 1.09 bits per heavy atom. The van der Waals surface area contributed by atoms with E-state index in [4.69, 9.17) is 4.84 Å². The number of hydrogen-bond acceptors (Lipinski definition) is 3. The van der Waals surface area contributed by atoms with Crippen LogP contribution in [0.25, 0.3) is 11.9 Å². The molecule has 1 aliphatic rings. The Bertz CT molecular complexity index is 617. The molecule has 0 atom stereocenters. The molecule has 0 radical (unpaired) electrons. The molecule has 0 saturated carbocycles. The van der Waals surface area contributed by atoms with Gasteiger partial charge in [-0.15, -0.1) is 0 Å². The Morgan fingerprint density at radius 3 is 2.41 bits per heavy atom. The van der Waals surface area contributed by atoms with E-state index in [1.807, 2.05) is 41.4 Å². The van der Waals surface area contributed by atoms with Crippen LogP contribution in [0.3, 0.4) is 0 Å². The largest absolute Gasteiger partial charge is 0.372 e. The average molecular weight is 296 g/mol. The van der Waals surface area contributed by atoms with Crippen LogP contribution >= 0.6 is 0 Å². The first-order valence-corrected chi connectivity index (χ1v) is 7.69. The fourth-order valence-corrected chi connectivity index (χ4v) is 2.74. The molecule has 0 aliphatic carbocycles. The van der Waals surface area contributed by atoms with E-state index in [1.54, 1.807) is 7.11 Å². The lowest BCUT2D eigenvalue weighted by Crippen LogP contribution is -2.27. The van der Waals surface area contributed by atoms with E-state index in [0.717, 1.165) is 24.4 Å². The number of pyridine rings is 1. The summed E-state index contributed by atoms with van der Waals surface area (Å²) < 4.78 is 2.00. The lowest BCUT2D eigenvalue weighted by atomic mass is 10.1. The van der Waals surface area contributed by atoms with Crippen LogP contribution in [-0.4, -0.2) is 20.2 Å². The third-order valence-electron chi connectivity index (χ3n) is 3.88. The molecule has 22 heavy (non-hydrogen) atoms. The minimum Gasteiger partial charge on any atom is -0.372 e. The van der Waals surface area contributed by atoms with E-state index < -0.39 is 0 Å². The Labute approximate surface area is 131 Å². The third-order valence-corrected chi connectivity index (χ3v) is 3.88. The van der Waals surface area contributed by atoms with Crippen LogP contribution in [0.15, 0.2) is 54.9 Å². The van der Waals surface area contributed by atoms with Crippen molar-refractivity contribution in [2.24, 2.45) is 0 Å². The highest BCUT2D eigenvalue weighted by molar-refractivity contribution is 5.71. The van der Waals surface area contributed by atoms with Crippen molar-refractivity contribution in [1.82, 2.24) is 5.48 Å². The Balaban J connectivity index is 1.83. The number of hydrogen-bond donors (Lipinski definition) is 1. The highest BCUT2D eigenvalue weighted by Crippen LogP contribution is 2.22. The Hall–Kier alpha value is -2.33. The zero-order valence-corrected chi connectivity index (χ0v) is 12.9. The van der Waals surface area contributed by atoms with E-state index in [2.05, 4.69) is 34.6 Å². The highest BCUT2D eigenvalue weighted by Gasteiger charge is 2.13. The summed E-state index contributed by atoms with van der Waals surface area (Å²) >= 11 is 0. The predicted molar refractivity (Wildman–Crippen MR) is 88.8 cm³/mol. The van der Waals surface area contributed by atoms with Gasteiger partial charge >= 0.3 is 0 Å². The van der Waals surface area contributed by atoms with Gasteiger partial charge in [0, 0.05) is 36.5 Å². The molecule has 0 bridgehead atoms. The standard InChI is InChI=1S/C18H22N3O/c1-22-19-18(15-20-11-3-2-4-12-20)16-7-9-17(10-8-16)21-13-5-6-14-21/h2-4,7-12,15,19H,5-6,13-14H2,1H3/q+1. The molecule has 1 aromatic heterocycles. The van der Waals surface area contributed by atoms with Gasteiger partial charge in [0.25, 0.3) is 0 Å². The summed E-state index contributed by atoms with van der Waals surface area (Å²) in [5.74, 6) is 0. The number of benzene rings is 1. The second kappa shape index (κ2) is 7.09. The van der Waals surface area contributed by atoms with Gasteiger partial charge in [-0.1, -0.05) is 18.2 Å². The maximum Gasteiger partial charge on any atom is 0.200 e. The van der Waals surface area contributed by atoms with Crippen LogP contribution in [0.2, 0.25) is 0 Å². The van der Waals surface area contributed by atoms with Crippen molar-refractivity contribution in [1.29, 1.82) is 0 Å². The molecule has 1 fully saturated rings. The SMILES string of the molecule is CONC(=C[n+]1ccccc1)c1ccc(N2CCCC2)cc1. The summed E-state index contributed by atoms with van der Waals surface area (Å²) in [6, 6.07) is 14.6. The summed E-state index contributed by atoms with van der Waals surface area (Å²) in [5, 5.41) is 0. The molecule has 2 heterocycles. The van der Waals surface area contributed by atoms with Gasteiger partial charge in [-0.05, 0) is 25.0 Å². The van der Waals surface area contributed by atoms with E-state index in [9.17, 15) is 0 Å². The maximum atomic E-state index is 5.12. The van der Waals surface area contributed by atoms with Crippen LogP contribution in [0.1, 0.15) is 18.4 Å². The van der Waals surface area contributed by atoms with E-state index >= 15 is 0 Å². The molecule has 1 aromatic carbocycles. The summed E-state index contributed by atoms with van der Waals surface area (Å²) in [6.07, 6.45) is 8.59. The van der Waals surface area contributed by atoms with Gasteiger partial charge in [0.05, 0.1) is 7.11 Å². The normalized spacial score (nSPS) is 15.1. The van der Waals surface area contributed by atoms with Crippen LogP contribution in [-0.2, 0) is 4.84 Å². The smallest absolute Gasteiger partial charge is 0.200 e. The van der Waals surface area contributed by atoms with Crippen LogP contribution < -0.4 is 14.9 Å². The molecular weight excluding hydrogens is 274 g/mol. The molecule has 1 saturated heterocycles. The van der Waals surface area contributed by atoms with Gasteiger partial charge in [-0.25, -0.2) is 0 Å². The highest BCUT2D eigenvalue weighted by atomic mass is 16.6. The summed E-state index contributed by atoms with van der Waals surface area (Å²) in [7, 11) is 1.63. The van der Waals surface area contributed by atoms with Crippen molar-refractivity contribution in [3.8, 4) is 0 Å². The summed E-state index contributed by atoms with van der Waals surface area (Å²) in [5.41, 5.74) is 6.28. The first-order chi connectivity index (χ1) is 10.9. The fourth-order valence-electron chi connectivity index (χ4n) is 2.74. The van der Waals surface area contributed by atoms with Gasteiger partial charge < -0.3 is 4.90 Å². The molecule has 4 heteroatoms. The van der Waals surface area contributed by atoms with Crippen LogP contribution in [0.5, 0.6) is 0 Å². The van der Waals surface area contributed by atoms with E-state index in [-0.39, 0.29) is 0 Å². The monoisotopic (exact) mass is 296 g/mol. The zero-order chi connectivity index (χ0) is 15.2. The quantitative estimate of drug-likeness (QED) is 0.679. The number of rotatable bonds is 5. The van der Waals surface area contributed by atoms with Gasteiger partial charge in [-0.2, -0.15) is 4.57 Å². The van der Waals surface area contributed by atoms with Gasteiger partial charge in [0.1, 0.15) is 5.70 Å². The van der Waals surface area contributed by atoms with Crippen molar-refractivity contribution in [3.05, 3.63) is 60.4 Å². The number of aromatic nitrogens is 1. The Kier molecular flexibility index (Phi) is 4.71. The van der Waals surface area contributed by atoms with Crippen LogP contribution in [0, 0.1) is 0 Å². The molecule has 4 nitrogen and oxygen atoms in total. The maximum absolute atomic E-state index is 5.12. The third kappa shape index (κ3) is 3.46. The van der Waals surface area contributed by atoms with Gasteiger partial charge in [-0.3, -0.25) is 10.3 Å².